The number of carbonyl (C=O) groups excluding carboxylic acids is 1. The number of nitrogens with zero attached hydrogens (tertiary/aromatic N) is 1. The van der Waals surface area contributed by atoms with Crippen LogP contribution in [-0.2, 0) is 4.74 Å². The van der Waals surface area contributed by atoms with E-state index in [1.807, 2.05) is 0 Å². The molecule has 0 spiro atoms. The van der Waals surface area contributed by atoms with E-state index >= 15 is 0 Å². The molecule has 7 heteroatoms. The maximum absolute atomic E-state index is 13.9. The number of pyridine rings is 1. The molecular formula is C14H9BrF2N2O2. The summed E-state index contributed by atoms with van der Waals surface area (Å²) in [4.78, 5) is 15.1. The van der Waals surface area contributed by atoms with Crippen LogP contribution in [0.25, 0.3) is 0 Å². The summed E-state index contributed by atoms with van der Waals surface area (Å²) in [7, 11) is 0. The Morgan fingerprint density at radius 3 is 2.86 bits per heavy atom. The lowest BCUT2D eigenvalue weighted by Gasteiger charge is -2.18. The first kappa shape index (κ1) is 13.9. The van der Waals surface area contributed by atoms with Crippen molar-refractivity contribution in [2.45, 2.75) is 12.1 Å². The number of carbonyl (C=O) groups is 1. The Balaban J connectivity index is 2.03. The summed E-state index contributed by atoms with van der Waals surface area (Å²) in [5.74, 6) is -1.18. The van der Waals surface area contributed by atoms with Gasteiger partial charge >= 0.3 is 6.09 Å². The molecule has 108 valence electrons. The number of hydrogen-bond acceptors (Lipinski definition) is 3. The van der Waals surface area contributed by atoms with Gasteiger partial charge in [0.1, 0.15) is 5.82 Å². The van der Waals surface area contributed by atoms with Gasteiger partial charge in [0.05, 0.1) is 11.6 Å². The highest BCUT2D eigenvalue weighted by molar-refractivity contribution is 9.10. The molecular weight excluding hydrogens is 346 g/mol. The van der Waals surface area contributed by atoms with E-state index in [4.69, 9.17) is 4.74 Å². The molecule has 1 amide bonds. The summed E-state index contributed by atoms with van der Waals surface area (Å²) >= 11 is 3.20. The van der Waals surface area contributed by atoms with Crippen LogP contribution in [0, 0.1) is 11.8 Å². The van der Waals surface area contributed by atoms with E-state index in [1.165, 1.54) is 30.5 Å². The summed E-state index contributed by atoms with van der Waals surface area (Å²) in [5.41, 5.74) is 0.613. The molecule has 21 heavy (non-hydrogen) atoms. The second-order valence-corrected chi connectivity index (χ2v) is 5.45. The van der Waals surface area contributed by atoms with Crippen molar-refractivity contribution in [3.05, 3.63) is 63.9 Å². The topological polar surface area (TPSA) is 51.2 Å². The van der Waals surface area contributed by atoms with Crippen LogP contribution >= 0.6 is 15.9 Å². The SMILES string of the molecule is O=C1N[C@H](c2cccc(F)c2)[C@@H](c2cc(Br)cnc2F)O1. The fourth-order valence-electron chi connectivity index (χ4n) is 2.26. The van der Waals surface area contributed by atoms with Gasteiger partial charge in [-0.05, 0) is 39.7 Å². The van der Waals surface area contributed by atoms with Crippen LogP contribution in [0.5, 0.6) is 0 Å². The second kappa shape index (κ2) is 5.40. The van der Waals surface area contributed by atoms with Crippen LogP contribution in [0.3, 0.4) is 0 Å². The van der Waals surface area contributed by atoms with Gasteiger partial charge in [0.2, 0.25) is 5.95 Å². The predicted octanol–water partition coefficient (Wildman–Crippen LogP) is 3.64. The van der Waals surface area contributed by atoms with Gasteiger partial charge in [-0.3, -0.25) is 0 Å². The highest BCUT2D eigenvalue weighted by atomic mass is 79.9. The second-order valence-electron chi connectivity index (χ2n) is 4.54. The molecule has 2 heterocycles. The van der Waals surface area contributed by atoms with Gasteiger partial charge in [-0.15, -0.1) is 0 Å². The van der Waals surface area contributed by atoms with Gasteiger partial charge in [0, 0.05) is 10.7 Å². The van der Waals surface area contributed by atoms with Gasteiger partial charge in [0.25, 0.3) is 0 Å². The molecule has 1 fully saturated rings. The minimum Gasteiger partial charge on any atom is -0.439 e. The van der Waals surface area contributed by atoms with E-state index in [0.717, 1.165) is 0 Å². The van der Waals surface area contributed by atoms with E-state index in [-0.39, 0.29) is 5.56 Å². The van der Waals surface area contributed by atoms with Crippen molar-refractivity contribution in [1.29, 1.82) is 0 Å². The van der Waals surface area contributed by atoms with Gasteiger partial charge in [-0.2, -0.15) is 4.39 Å². The Labute approximate surface area is 127 Å². The van der Waals surface area contributed by atoms with Crippen LogP contribution in [0.4, 0.5) is 13.6 Å². The molecule has 1 N–H and O–H groups in total. The van der Waals surface area contributed by atoms with Crippen LogP contribution in [0.15, 0.2) is 41.0 Å². The molecule has 0 radical (unpaired) electrons. The van der Waals surface area contributed by atoms with E-state index in [0.29, 0.717) is 10.0 Å². The van der Waals surface area contributed by atoms with Crippen LogP contribution < -0.4 is 5.32 Å². The molecule has 2 aromatic rings. The van der Waals surface area contributed by atoms with Crippen LogP contribution in [-0.4, -0.2) is 11.1 Å². The fraction of sp³-hybridized carbons (Fsp3) is 0.143. The molecule has 1 aliphatic heterocycles. The van der Waals surface area contributed by atoms with Gasteiger partial charge in [-0.25, -0.2) is 14.2 Å². The smallest absolute Gasteiger partial charge is 0.408 e. The highest BCUT2D eigenvalue weighted by Crippen LogP contribution is 2.38. The van der Waals surface area contributed by atoms with Gasteiger partial charge in [-0.1, -0.05) is 12.1 Å². The molecule has 0 bridgehead atoms. The monoisotopic (exact) mass is 354 g/mol. The summed E-state index contributed by atoms with van der Waals surface area (Å²) < 4.78 is 32.9. The Kier molecular flexibility index (Phi) is 3.59. The average Bonchev–Trinajstić information content (AvgIpc) is 2.83. The third-order valence-electron chi connectivity index (χ3n) is 3.16. The van der Waals surface area contributed by atoms with Crippen LogP contribution in [0.2, 0.25) is 0 Å². The molecule has 1 aromatic carbocycles. The molecule has 0 saturated carbocycles. The zero-order valence-corrected chi connectivity index (χ0v) is 12.1. The number of halogens is 3. The zero-order chi connectivity index (χ0) is 15.0. The normalized spacial score (nSPS) is 21.0. The Morgan fingerprint density at radius 2 is 2.10 bits per heavy atom. The van der Waals surface area contributed by atoms with E-state index in [1.54, 1.807) is 6.07 Å². The molecule has 0 aliphatic carbocycles. The Bertz CT molecular complexity index is 711. The first-order valence-electron chi connectivity index (χ1n) is 6.08. The number of hydrogen-bond donors (Lipinski definition) is 1. The molecule has 2 atom stereocenters. The molecule has 3 rings (SSSR count). The number of rotatable bonds is 2. The van der Waals surface area contributed by atoms with Gasteiger partial charge < -0.3 is 10.1 Å². The molecule has 1 aliphatic rings. The number of ether oxygens (including phenoxy) is 1. The first-order valence-corrected chi connectivity index (χ1v) is 6.87. The fourth-order valence-corrected chi connectivity index (χ4v) is 2.61. The van der Waals surface area contributed by atoms with E-state index in [9.17, 15) is 13.6 Å². The summed E-state index contributed by atoms with van der Waals surface area (Å²) in [6, 6.07) is 6.52. The number of aromatic nitrogens is 1. The van der Waals surface area contributed by atoms with E-state index in [2.05, 4.69) is 26.2 Å². The van der Waals surface area contributed by atoms with Crippen molar-refractivity contribution in [1.82, 2.24) is 10.3 Å². The van der Waals surface area contributed by atoms with Crippen molar-refractivity contribution in [3.63, 3.8) is 0 Å². The number of cyclic esters (lactones) is 1. The predicted molar refractivity (Wildman–Crippen MR) is 73.4 cm³/mol. The Hall–Kier alpha value is -2.02. The van der Waals surface area contributed by atoms with Gasteiger partial charge in [0.15, 0.2) is 6.10 Å². The quantitative estimate of drug-likeness (QED) is 0.837. The molecule has 4 nitrogen and oxygen atoms in total. The summed E-state index contributed by atoms with van der Waals surface area (Å²) in [6.45, 7) is 0. The van der Waals surface area contributed by atoms with Crippen molar-refractivity contribution >= 4 is 22.0 Å². The molecule has 1 saturated heterocycles. The average molecular weight is 355 g/mol. The zero-order valence-electron chi connectivity index (χ0n) is 10.5. The van der Waals surface area contributed by atoms with E-state index < -0.39 is 30.0 Å². The van der Waals surface area contributed by atoms with Crippen molar-refractivity contribution in [2.75, 3.05) is 0 Å². The highest BCUT2D eigenvalue weighted by Gasteiger charge is 2.38. The third kappa shape index (κ3) is 2.73. The minimum absolute atomic E-state index is 0.122. The lowest BCUT2D eigenvalue weighted by atomic mass is 9.97. The first-order chi connectivity index (χ1) is 10.0. The summed E-state index contributed by atoms with van der Waals surface area (Å²) in [5, 5.41) is 2.56. The largest absolute Gasteiger partial charge is 0.439 e. The number of nitrogens with one attached hydrogen (secondary N) is 1. The van der Waals surface area contributed by atoms with Crippen molar-refractivity contribution < 1.29 is 18.3 Å². The maximum atomic E-state index is 13.9. The number of alkyl carbamates (subject to hydrolysis) is 1. The standard InChI is InChI=1S/C14H9BrF2N2O2/c15-8-5-10(13(17)18-6-8)12-11(19-14(20)21-12)7-2-1-3-9(16)4-7/h1-6,11-12H,(H,19,20)/t11-,12-/m1/s1. The van der Waals surface area contributed by atoms with Crippen molar-refractivity contribution in [3.8, 4) is 0 Å². The lowest BCUT2D eigenvalue weighted by molar-refractivity contribution is 0.129. The lowest BCUT2D eigenvalue weighted by Crippen LogP contribution is -2.20. The molecule has 0 unspecified atom stereocenters. The number of benzene rings is 1. The maximum Gasteiger partial charge on any atom is 0.408 e. The Morgan fingerprint density at radius 1 is 1.29 bits per heavy atom. The number of amides is 1. The molecule has 1 aromatic heterocycles. The third-order valence-corrected chi connectivity index (χ3v) is 3.59. The minimum atomic E-state index is -0.913. The van der Waals surface area contributed by atoms with Crippen molar-refractivity contribution in [2.24, 2.45) is 0 Å². The van der Waals surface area contributed by atoms with Crippen LogP contribution in [0.1, 0.15) is 23.3 Å². The summed E-state index contributed by atoms with van der Waals surface area (Å²) in [6.07, 6.45) is -0.293.